The summed E-state index contributed by atoms with van der Waals surface area (Å²) in [5.41, 5.74) is 1.23. The first-order valence-corrected chi connectivity index (χ1v) is 6.16. The third kappa shape index (κ3) is 2.88. The van der Waals surface area contributed by atoms with E-state index in [1.807, 2.05) is 24.3 Å². The summed E-state index contributed by atoms with van der Waals surface area (Å²) in [5.74, 6) is 0.553. The molecule has 0 radical (unpaired) electrons. The van der Waals surface area contributed by atoms with Crippen LogP contribution in [0.4, 0.5) is 0 Å². The summed E-state index contributed by atoms with van der Waals surface area (Å²) in [6.45, 7) is 4.24. The second-order valence-electron chi connectivity index (χ2n) is 4.78. The van der Waals surface area contributed by atoms with Crippen LogP contribution in [0.25, 0.3) is 0 Å². The highest BCUT2D eigenvalue weighted by Gasteiger charge is 2.28. The summed E-state index contributed by atoms with van der Waals surface area (Å²) in [5, 5.41) is 2.28. The molecule has 1 heterocycles. The van der Waals surface area contributed by atoms with Gasteiger partial charge in [0.15, 0.2) is 6.10 Å². The maximum atomic E-state index is 11.5. The number of hydrogen-bond acceptors (Lipinski definition) is 3. The predicted octanol–water partition coefficient (Wildman–Crippen LogP) is 1.99. The highest BCUT2D eigenvalue weighted by atomic mass is 16.5. The fraction of sp³-hybridized carbons (Fsp3) is 0.429. The molecule has 0 bridgehead atoms. The zero-order chi connectivity index (χ0) is 13.1. The topological polar surface area (TPSA) is 55.4 Å². The smallest absolute Gasteiger partial charge is 0.267 e. The van der Waals surface area contributed by atoms with Gasteiger partial charge in [0, 0.05) is 12.8 Å². The minimum absolute atomic E-state index is 0.227. The summed E-state index contributed by atoms with van der Waals surface area (Å²) in [6, 6.07) is 7.70. The van der Waals surface area contributed by atoms with E-state index in [0.29, 0.717) is 24.5 Å². The standard InChI is InChI=1S/C14H17NO3/c1-9(2)10-3-5-11(6-4-10)18-12-7-8-13(16)15-14(12)17/h3-6,9,12H,7-8H2,1-2H3,(H,15,16,17)/t12-/m1/s1. The van der Waals surface area contributed by atoms with Crippen LogP contribution in [0.2, 0.25) is 0 Å². The van der Waals surface area contributed by atoms with Crippen molar-refractivity contribution in [3.05, 3.63) is 29.8 Å². The maximum absolute atomic E-state index is 11.5. The second-order valence-corrected chi connectivity index (χ2v) is 4.78. The largest absolute Gasteiger partial charge is 0.481 e. The molecule has 2 amide bonds. The summed E-state index contributed by atoms with van der Waals surface area (Å²) >= 11 is 0. The van der Waals surface area contributed by atoms with E-state index < -0.39 is 6.10 Å². The number of nitrogens with one attached hydrogen (secondary N) is 1. The molecule has 1 aromatic rings. The van der Waals surface area contributed by atoms with Gasteiger partial charge >= 0.3 is 0 Å². The van der Waals surface area contributed by atoms with E-state index in [0.717, 1.165) is 0 Å². The van der Waals surface area contributed by atoms with Crippen molar-refractivity contribution in [3.8, 4) is 5.75 Å². The number of imide groups is 1. The number of hydrogen-bond donors (Lipinski definition) is 1. The second kappa shape index (κ2) is 5.21. The van der Waals surface area contributed by atoms with Gasteiger partial charge in [0.1, 0.15) is 5.75 Å². The van der Waals surface area contributed by atoms with Crippen LogP contribution < -0.4 is 10.1 Å². The number of ether oxygens (including phenoxy) is 1. The van der Waals surface area contributed by atoms with E-state index in [1.165, 1.54) is 5.56 Å². The van der Waals surface area contributed by atoms with Crippen molar-refractivity contribution in [3.63, 3.8) is 0 Å². The number of rotatable bonds is 3. The Morgan fingerprint density at radius 2 is 1.89 bits per heavy atom. The molecule has 1 aliphatic heterocycles. The van der Waals surface area contributed by atoms with Gasteiger partial charge in [0.05, 0.1) is 0 Å². The zero-order valence-electron chi connectivity index (χ0n) is 10.6. The van der Waals surface area contributed by atoms with Crippen molar-refractivity contribution in [2.24, 2.45) is 0 Å². The van der Waals surface area contributed by atoms with Gasteiger partial charge in [-0.1, -0.05) is 26.0 Å². The summed E-state index contributed by atoms with van der Waals surface area (Å²) in [4.78, 5) is 22.5. The number of benzene rings is 1. The first kappa shape index (κ1) is 12.6. The number of amides is 2. The first-order chi connectivity index (χ1) is 8.56. The molecule has 18 heavy (non-hydrogen) atoms. The van der Waals surface area contributed by atoms with Gasteiger partial charge in [-0.15, -0.1) is 0 Å². The van der Waals surface area contributed by atoms with Crippen LogP contribution >= 0.6 is 0 Å². The Bertz CT molecular complexity index is 451. The molecule has 1 saturated heterocycles. The van der Waals surface area contributed by atoms with Crippen LogP contribution in [0.15, 0.2) is 24.3 Å². The first-order valence-electron chi connectivity index (χ1n) is 6.16. The van der Waals surface area contributed by atoms with Gasteiger partial charge in [-0.3, -0.25) is 14.9 Å². The molecule has 1 aromatic carbocycles. The van der Waals surface area contributed by atoms with Crippen LogP contribution in [0.1, 0.15) is 38.2 Å². The molecule has 1 atom stereocenters. The molecule has 96 valence electrons. The average Bonchev–Trinajstić information content (AvgIpc) is 2.33. The van der Waals surface area contributed by atoms with E-state index in [1.54, 1.807) is 0 Å². The lowest BCUT2D eigenvalue weighted by atomic mass is 10.0. The fourth-order valence-electron chi connectivity index (χ4n) is 1.88. The molecular formula is C14H17NO3. The quantitative estimate of drug-likeness (QED) is 0.831. The zero-order valence-corrected chi connectivity index (χ0v) is 10.6. The third-order valence-electron chi connectivity index (χ3n) is 3.01. The SMILES string of the molecule is CC(C)c1ccc(O[C@@H]2CCC(=O)NC2=O)cc1. The molecule has 1 N–H and O–H groups in total. The monoisotopic (exact) mass is 247 g/mol. The van der Waals surface area contributed by atoms with Crippen LogP contribution in [-0.4, -0.2) is 17.9 Å². The third-order valence-corrected chi connectivity index (χ3v) is 3.01. The van der Waals surface area contributed by atoms with Crippen molar-refractivity contribution >= 4 is 11.8 Å². The van der Waals surface area contributed by atoms with Gasteiger partial charge in [0.25, 0.3) is 5.91 Å². The molecule has 0 unspecified atom stereocenters. The molecule has 0 spiro atoms. The molecule has 1 aliphatic rings. The Labute approximate surface area is 106 Å². The van der Waals surface area contributed by atoms with Crippen molar-refractivity contribution in [2.75, 3.05) is 0 Å². The van der Waals surface area contributed by atoms with E-state index >= 15 is 0 Å². The molecular weight excluding hydrogens is 230 g/mol. The number of piperidine rings is 1. The summed E-state index contributed by atoms with van der Waals surface area (Å²) in [7, 11) is 0. The van der Waals surface area contributed by atoms with Gasteiger partial charge < -0.3 is 4.74 Å². The maximum Gasteiger partial charge on any atom is 0.267 e. The van der Waals surface area contributed by atoms with Crippen molar-refractivity contribution in [1.29, 1.82) is 0 Å². The lowest BCUT2D eigenvalue weighted by molar-refractivity contribution is -0.138. The average molecular weight is 247 g/mol. The minimum atomic E-state index is -0.562. The normalized spacial score (nSPS) is 19.8. The van der Waals surface area contributed by atoms with Crippen LogP contribution in [0, 0.1) is 0 Å². The van der Waals surface area contributed by atoms with Gasteiger partial charge in [-0.2, -0.15) is 0 Å². The molecule has 2 rings (SSSR count). The van der Waals surface area contributed by atoms with E-state index in [9.17, 15) is 9.59 Å². The molecule has 0 aliphatic carbocycles. The predicted molar refractivity (Wildman–Crippen MR) is 67.3 cm³/mol. The van der Waals surface area contributed by atoms with Crippen LogP contribution in [-0.2, 0) is 9.59 Å². The van der Waals surface area contributed by atoms with Crippen LogP contribution in [0.5, 0.6) is 5.75 Å². The van der Waals surface area contributed by atoms with E-state index in [-0.39, 0.29) is 11.8 Å². The minimum Gasteiger partial charge on any atom is -0.481 e. The molecule has 1 fully saturated rings. The highest BCUT2D eigenvalue weighted by Crippen LogP contribution is 2.21. The van der Waals surface area contributed by atoms with Crippen molar-refractivity contribution in [2.45, 2.75) is 38.7 Å². The Hall–Kier alpha value is -1.84. The Morgan fingerprint density at radius 1 is 1.22 bits per heavy atom. The number of carbonyl (C=O) groups is 2. The Kier molecular flexibility index (Phi) is 3.65. The number of carbonyl (C=O) groups excluding carboxylic acids is 2. The van der Waals surface area contributed by atoms with Gasteiger partial charge in [-0.25, -0.2) is 0 Å². The van der Waals surface area contributed by atoms with Crippen LogP contribution in [0.3, 0.4) is 0 Å². The lowest BCUT2D eigenvalue weighted by Crippen LogP contribution is -2.46. The lowest BCUT2D eigenvalue weighted by Gasteiger charge is -2.22. The molecule has 0 saturated carbocycles. The fourth-order valence-corrected chi connectivity index (χ4v) is 1.88. The van der Waals surface area contributed by atoms with E-state index in [4.69, 9.17) is 4.74 Å². The van der Waals surface area contributed by atoms with Crippen molar-refractivity contribution in [1.82, 2.24) is 5.32 Å². The van der Waals surface area contributed by atoms with Gasteiger partial charge in [0.2, 0.25) is 5.91 Å². The summed E-state index contributed by atoms with van der Waals surface area (Å²) < 4.78 is 5.59. The summed E-state index contributed by atoms with van der Waals surface area (Å²) in [6.07, 6.45) is 0.212. The molecule has 0 aromatic heterocycles. The van der Waals surface area contributed by atoms with Gasteiger partial charge in [-0.05, 0) is 23.6 Å². The molecule has 4 heteroatoms. The highest BCUT2D eigenvalue weighted by molar-refractivity contribution is 5.99. The van der Waals surface area contributed by atoms with Crippen molar-refractivity contribution < 1.29 is 14.3 Å². The molecule has 4 nitrogen and oxygen atoms in total. The van der Waals surface area contributed by atoms with E-state index in [2.05, 4.69) is 19.2 Å². The Balaban J connectivity index is 2.01. The Morgan fingerprint density at radius 3 is 2.44 bits per heavy atom.